The van der Waals surface area contributed by atoms with Gasteiger partial charge in [-0.05, 0) is 25.3 Å². The predicted molar refractivity (Wildman–Crippen MR) is 67.3 cm³/mol. The highest BCUT2D eigenvalue weighted by atomic mass is 32.2. The molecule has 0 radical (unpaired) electrons. The molecule has 0 fully saturated rings. The van der Waals surface area contributed by atoms with Crippen LogP contribution in [0.2, 0.25) is 0 Å². The molecule has 5 nitrogen and oxygen atoms in total. The summed E-state index contributed by atoms with van der Waals surface area (Å²) >= 11 is 0. The van der Waals surface area contributed by atoms with Gasteiger partial charge in [-0.15, -0.1) is 0 Å². The SMILES string of the molecule is Cc1nc(CNS(C)(=O)=O)nc(C)c1C(C)C. The zero-order valence-electron chi connectivity index (χ0n) is 10.9. The van der Waals surface area contributed by atoms with E-state index in [0.29, 0.717) is 11.7 Å². The van der Waals surface area contributed by atoms with Crippen LogP contribution in [-0.2, 0) is 16.6 Å². The zero-order chi connectivity index (χ0) is 13.2. The van der Waals surface area contributed by atoms with E-state index in [4.69, 9.17) is 0 Å². The maximum absolute atomic E-state index is 11.0. The van der Waals surface area contributed by atoms with Crippen LogP contribution >= 0.6 is 0 Å². The molecule has 6 heteroatoms. The van der Waals surface area contributed by atoms with Gasteiger partial charge in [-0.25, -0.2) is 23.1 Å². The fourth-order valence-electron chi connectivity index (χ4n) is 1.90. The van der Waals surface area contributed by atoms with Gasteiger partial charge in [0.15, 0.2) is 0 Å². The van der Waals surface area contributed by atoms with Crippen molar-refractivity contribution in [1.29, 1.82) is 0 Å². The van der Waals surface area contributed by atoms with Crippen molar-refractivity contribution < 1.29 is 8.42 Å². The number of rotatable bonds is 4. The second-order valence-electron chi connectivity index (χ2n) is 4.47. The number of nitrogens with zero attached hydrogens (tertiary/aromatic N) is 2. The third-order valence-corrected chi connectivity index (χ3v) is 3.11. The van der Waals surface area contributed by atoms with Crippen molar-refractivity contribution in [3.63, 3.8) is 0 Å². The van der Waals surface area contributed by atoms with Gasteiger partial charge in [0.25, 0.3) is 0 Å². The minimum absolute atomic E-state index is 0.138. The lowest BCUT2D eigenvalue weighted by Crippen LogP contribution is -2.23. The smallest absolute Gasteiger partial charge is 0.209 e. The number of sulfonamides is 1. The standard InChI is InChI=1S/C11H19N3O2S/c1-7(2)11-8(3)13-10(14-9(11)4)6-12-17(5,15)16/h7,12H,6H2,1-5H3. The molecule has 0 aromatic carbocycles. The number of nitrogens with one attached hydrogen (secondary N) is 1. The molecule has 0 unspecified atom stereocenters. The van der Waals surface area contributed by atoms with Gasteiger partial charge in [0.1, 0.15) is 5.82 Å². The molecule has 1 aromatic rings. The molecule has 0 bridgehead atoms. The van der Waals surface area contributed by atoms with Crippen molar-refractivity contribution >= 4 is 10.0 Å². The predicted octanol–water partition coefficient (Wildman–Crippen LogP) is 1.27. The van der Waals surface area contributed by atoms with Gasteiger partial charge in [0, 0.05) is 11.4 Å². The lowest BCUT2D eigenvalue weighted by Gasteiger charge is -2.13. The van der Waals surface area contributed by atoms with Crippen LogP contribution in [0.5, 0.6) is 0 Å². The van der Waals surface area contributed by atoms with Crippen molar-refractivity contribution in [1.82, 2.24) is 14.7 Å². The summed E-state index contributed by atoms with van der Waals surface area (Å²) in [5.74, 6) is 0.877. The van der Waals surface area contributed by atoms with E-state index in [1.54, 1.807) is 0 Å². The van der Waals surface area contributed by atoms with Gasteiger partial charge in [-0.2, -0.15) is 0 Å². The van der Waals surface area contributed by atoms with Gasteiger partial charge in [-0.1, -0.05) is 13.8 Å². The maximum Gasteiger partial charge on any atom is 0.209 e. The molecule has 0 aliphatic heterocycles. The Bertz CT molecular complexity index is 486. The normalized spacial score (nSPS) is 12.1. The molecule has 1 rings (SSSR count). The minimum atomic E-state index is -3.20. The topological polar surface area (TPSA) is 72.0 Å². The molecule has 0 spiro atoms. The van der Waals surface area contributed by atoms with Gasteiger partial charge < -0.3 is 0 Å². The van der Waals surface area contributed by atoms with Gasteiger partial charge >= 0.3 is 0 Å². The summed E-state index contributed by atoms with van der Waals surface area (Å²) in [6, 6.07) is 0. The third-order valence-electron chi connectivity index (χ3n) is 2.44. The fraction of sp³-hybridized carbons (Fsp3) is 0.636. The highest BCUT2D eigenvalue weighted by Crippen LogP contribution is 2.20. The quantitative estimate of drug-likeness (QED) is 0.881. The van der Waals surface area contributed by atoms with Crippen molar-refractivity contribution in [3.05, 3.63) is 22.8 Å². The van der Waals surface area contributed by atoms with Gasteiger partial charge in [0.2, 0.25) is 10.0 Å². The fourth-order valence-corrected chi connectivity index (χ4v) is 2.30. The molecular formula is C11H19N3O2S. The average molecular weight is 257 g/mol. The minimum Gasteiger partial charge on any atom is -0.237 e. The lowest BCUT2D eigenvalue weighted by atomic mass is 10.0. The highest BCUT2D eigenvalue weighted by molar-refractivity contribution is 7.88. The number of aryl methyl sites for hydroxylation is 2. The molecule has 0 atom stereocenters. The number of hydrogen-bond donors (Lipinski definition) is 1. The first-order valence-corrected chi connectivity index (χ1v) is 7.38. The highest BCUT2D eigenvalue weighted by Gasteiger charge is 2.12. The van der Waals surface area contributed by atoms with Crippen molar-refractivity contribution in [2.75, 3.05) is 6.26 Å². The molecule has 1 heterocycles. The molecule has 1 aromatic heterocycles. The summed E-state index contributed by atoms with van der Waals surface area (Å²) in [4.78, 5) is 8.64. The molecule has 17 heavy (non-hydrogen) atoms. The largest absolute Gasteiger partial charge is 0.237 e. The van der Waals surface area contributed by atoms with E-state index in [2.05, 4.69) is 28.5 Å². The Morgan fingerprint density at radius 3 is 2.00 bits per heavy atom. The second kappa shape index (κ2) is 5.10. The van der Waals surface area contributed by atoms with Gasteiger partial charge in [0.05, 0.1) is 12.8 Å². The van der Waals surface area contributed by atoms with Crippen LogP contribution in [0.15, 0.2) is 0 Å². The summed E-state index contributed by atoms with van der Waals surface area (Å²) < 4.78 is 24.4. The van der Waals surface area contributed by atoms with E-state index in [9.17, 15) is 8.42 Å². The number of aromatic nitrogens is 2. The molecule has 1 N–H and O–H groups in total. The molecule has 0 aliphatic rings. The van der Waals surface area contributed by atoms with Crippen molar-refractivity contribution in [2.24, 2.45) is 0 Å². The van der Waals surface area contributed by atoms with Crippen LogP contribution in [0.1, 0.15) is 42.5 Å². The number of hydrogen-bond acceptors (Lipinski definition) is 4. The van der Waals surface area contributed by atoms with E-state index in [0.717, 1.165) is 23.2 Å². The van der Waals surface area contributed by atoms with Crippen LogP contribution in [0.3, 0.4) is 0 Å². The van der Waals surface area contributed by atoms with Gasteiger partial charge in [-0.3, -0.25) is 0 Å². The van der Waals surface area contributed by atoms with Crippen molar-refractivity contribution in [3.8, 4) is 0 Å². The third kappa shape index (κ3) is 4.05. The zero-order valence-corrected chi connectivity index (χ0v) is 11.7. The van der Waals surface area contributed by atoms with Crippen LogP contribution < -0.4 is 4.72 Å². The van der Waals surface area contributed by atoms with E-state index in [1.165, 1.54) is 0 Å². The first-order chi connectivity index (χ1) is 7.70. The monoisotopic (exact) mass is 257 g/mol. The summed E-state index contributed by atoms with van der Waals surface area (Å²) in [5, 5.41) is 0. The molecule has 0 amide bonds. The molecular weight excluding hydrogens is 238 g/mol. The molecule has 0 aliphatic carbocycles. The van der Waals surface area contributed by atoms with Crippen LogP contribution in [0.4, 0.5) is 0 Å². The summed E-state index contributed by atoms with van der Waals surface area (Å²) in [5.41, 5.74) is 2.96. The summed E-state index contributed by atoms with van der Waals surface area (Å²) in [7, 11) is -3.20. The summed E-state index contributed by atoms with van der Waals surface area (Å²) in [6.45, 7) is 8.17. The van der Waals surface area contributed by atoms with E-state index in [-0.39, 0.29) is 6.54 Å². The average Bonchev–Trinajstić information content (AvgIpc) is 2.11. The molecule has 96 valence electrons. The molecule has 0 saturated heterocycles. The lowest BCUT2D eigenvalue weighted by molar-refractivity contribution is 0.585. The Morgan fingerprint density at radius 2 is 1.65 bits per heavy atom. The molecule has 0 saturated carbocycles. The summed E-state index contributed by atoms with van der Waals surface area (Å²) in [6.07, 6.45) is 1.12. The van der Waals surface area contributed by atoms with Crippen LogP contribution in [0, 0.1) is 13.8 Å². The Kier molecular flexibility index (Phi) is 4.21. The van der Waals surface area contributed by atoms with Crippen molar-refractivity contribution in [2.45, 2.75) is 40.2 Å². The Balaban J connectivity index is 2.99. The maximum atomic E-state index is 11.0. The first kappa shape index (κ1) is 14.1. The van der Waals surface area contributed by atoms with E-state index in [1.807, 2.05) is 13.8 Å². The van der Waals surface area contributed by atoms with Crippen LogP contribution in [0.25, 0.3) is 0 Å². The Labute approximate surface area is 103 Å². The second-order valence-corrected chi connectivity index (χ2v) is 6.31. The van der Waals surface area contributed by atoms with Crippen LogP contribution in [-0.4, -0.2) is 24.6 Å². The first-order valence-electron chi connectivity index (χ1n) is 5.49. The van der Waals surface area contributed by atoms with E-state index >= 15 is 0 Å². The Hall–Kier alpha value is -1.01. The Morgan fingerprint density at radius 1 is 1.18 bits per heavy atom. The van der Waals surface area contributed by atoms with E-state index < -0.39 is 10.0 Å².